The summed E-state index contributed by atoms with van der Waals surface area (Å²) in [7, 11) is -13.9. The summed E-state index contributed by atoms with van der Waals surface area (Å²) in [4.78, 5) is 43.1. The van der Waals surface area contributed by atoms with E-state index < -0.39 is 26.0 Å². The zero-order chi connectivity index (χ0) is 13.5. The Morgan fingerprint density at radius 2 is 0.722 bits per heavy atom. The summed E-state index contributed by atoms with van der Waals surface area (Å²) in [6, 6.07) is 0. The van der Waals surface area contributed by atoms with Gasteiger partial charge in [0.05, 0.1) is 0 Å². The van der Waals surface area contributed by atoms with E-state index in [2.05, 4.69) is 0 Å². The standard InChI is InChI=1S/Ca.Mg.2H3O4P.H2O4S.Zn.4H/c;;3*1-5(2,3)4;;;;;/h;;2*(H3,1,2,3,4);(H2,1,2,3,4);;;;;. The first-order valence-corrected chi connectivity index (χ1v) is 6.79. The van der Waals surface area contributed by atoms with Crippen LogP contribution in [0.5, 0.6) is 0 Å². The number of rotatable bonds is 0. The molecule has 0 atom stereocenters. The molecule has 0 aromatic rings. The fraction of sp³-hybridized carbons (Fsp3) is 0. The molecule has 0 aliphatic heterocycles. The first-order valence-electron chi connectivity index (χ1n) is 2.26. The van der Waals surface area contributed by atoms with Crippen molar-refractivity contribution >= 4 is 86.8 Å². The Bertz CT molecular complexity index is 295. The van der Waals surface area contributed by atoms with E-state index in [0.29, 0.717) is 0 Å². The smallest absolute Gasteiger partial charge is 0 e. The largest absolute Gasteiger partial charge is 0.316 e. The van der Waals surface area contributed by atoms with Gasteiger partial charge in [0.1, 0.15) is 0 Å². The molecule has 0 spiro atoms. The predicted octanol–water partition coefficient (Wildman–Crippen LogP) is -4.34. The van der Waals surface area contributed by atoms with E-state index in [1.165, 1.54) is 0 Å². The molecule has 18 heavy (non-hydrogen) atoms. The van der Waals surface area contributed by atoms with Gasteiger partial charge in [0, 0.05) is 19.5 Å². The molecule has 0 saturated carbocycles. The Balaban J connectivity index is -0.0000000277. The van der Waals surface area contributed by atoms with Crippen molar-refractivity contribution in [2.75, 3.05) is 0 Å². The van der Waals surface area contributed by atoms with Gasteiger partial charge in [0.2, 0.25) is 0 Å². The molecule has 106 valence electrons. The summed E-state index contributed by atoms with van der Waals surface area (Å²) in [6.07, 6.45) is 0. The molecule has 0 heterocycles. The molecule has 12 nitrogen and oxygen atoms in total. The third-order valence-electron chi connectivity index (χ3n) is 0. The molecular formula is H12CaMgO12P2SZn. The third kappa shape index (κ3) is 786. The van der Waals surface area contributed by atoms with Gasteiger partial charge in [0.15, 0.2) is 0 Å². The maximum Gasteiger partial charge on any atom is 0.316 e. The minimum atomic E-state index is -4.67. The molecule has 0 aliphatic rings. The molecule has 0 aromatic heterocycles. The van der Waals surface area contributed by atoms with Crippen molar-refractivity contribution < 1.29 is 75.5 Å². The van der Waals surface area contributed by atoms with Crippen LogP contribution in [-0.4, -0.2) is 108 Å². The van der Waals surface area contributed by atoms with Gasteiger partial charge in [0.25, 0.3) is 0 Å². The Morgan fingerprint density at radius 1 is 0.722 bits per heavy atom. The average Bonchev–Trinajstić information content (AvgIpc) is 1.41. The summed E-state index contributed by atoms with van der Waals surface area (Å²) in [5, 5.41) is 0. The van der Waals surface area contributed by atoms with E-state index in [1.807, 2.05) is 0 Å². The molecule has 0 amide bonds. The third-order valence-corrected chi connectivity index (χ3v) is 0. The van der Waals surface area contributed by atoms with Crippen LogP contribution in [0.2, 0.25) is 0 Å². The van der Waals surface area contributed by atoms with Crippen molar-refractivity contribution in [3.05, 3.63) is 0 Å². The zero-order valence-electron chi connectivity index (χ0n) is 7.22. The fourth-order valence-corrected chi connectivity index (χ4v) is 0. The summed E-state index contributed by atoms with van der Waals surface area (Å²) >= 11 is 0. The van der Waals surface area contributed by atoms with Gasteiger partial charge in [-0.05, 0) is 0 Å². The fourth-order valence-electron chi connectivity index (χ4n) is 0. The van der Waals surface area contributed by atoms with E-state index in [4.69, 9.17) is 56.0 Å². The van der Waals surface area contributed by atoms with Crippen LogP contribution in [-0.2, 0) is 39.0 Å². The molecular weight excluding hydrogens is 416 g/mol. The van der Waals surface area contributed by atoms with Crippen LogP contribution in [0.4, 0.5) is 0 Å². The molecule has 0 radical (unpaired) electrons. The predicted molar refractivity (Wildman–Crippen MR) is 59.8 cm³/mol. The minimum Gasteiger partial charge on any atom is 0 e. The molecule has 18 heteroatoms. The molecule has 0 fully saturated rings. The van der Waals surface area contributed by atoms with E-state index >= 15 is 0 Å². The Hall–Kier alpha value is 2.74. The van der Waals surface area contributed by atoms with Gasteiger partial charge >= 0.3 is 86.8 Å². The van der Waals surface area contributed by atoms with Crippen molar-refractivity contribution in [3.8, 4) is 0 Å². The van der Waals surface area contributed by atoms with E-state index in [9.17, 15) is 0 Å². The van der Waals surface area contributed by atoms with Crippen molar-refractivity contribution in [3.63, 3.8) is 0 Å². The molecule has 0 aromatic carbocycles. The number of phosphoric acid groups is 2. The van der Waals surface area contributed by atoms with Gasteiger partial charge in [-0.3, -0.25) is 9.11 Å². The van der Waals surface area contributed by atoms with Crippen LogP contribution < -0.4 is 0 Å². The van der Waals surface area contributed by atoms with Crippen LogP contribution >= 0.6 is 15.6 Å². The maximum absolute atomic E-state index is 8.88. The summed E-state index contributed by atoms with van der Waals surface area (Å²) < 4.78 is 49.3. The summed E-state index contributed by atoms with van der Waals surface area (Å²) in [5.74, 6) is 0. The number of hydrogen-bond donors (Lipinski definition) is 8. The SMILES string of the molecule is O=P(O)(O)O.O=P(O)(O)O.O=S(=O)(O)O.[CaH2].[MgH2].[Zn]. The van der Waals surface area contributed by atoms with Crippen LogP contribution in [0, 0.1) is 0 Å². The summed E-state index contributed by atoms with van der Waals surface area (Å²) in [5.41, 5.74) is 0. The molecule has 0 bridgehead atoms. The summed E-state index contributed by atoms with van der Waals surface area (Å²) in [6.45, 7) is 0. The van der Waals surface area contributed by atoms with Gasteiger partial charge in [-0.25, -0.2) is 9.13 Å². The van der Waals surface area contributed by atoms with Gasteiger partial charge in [-0.1, -0.05) is 0 Å². The van der Waals surface area contributed by atoms with Crippen LogP contribution in [0.1, 0.15) is 0 Å². The van der Waals surface area contributed by atoms with E-state index in [0.717, 1.165) is 0 Å². The average molecular weight is 428 g/mol. The quantitative estimate of drug-likeness (QED) is 0.104. The molecule has 8 N–H and O–H groups in total. The zero-order valence-corrected chi connectivity index (χ0v) is 12.8. The Kier molecular flexibility index (Phi) is 33.3. The second-order valence-electron chi connectivity index (χ2n) is 1.47. The second kappa shape index (κ2) is 16.1. The van der Waals surface area contributed by atoms with Crippen LogP contribution in [0.3, 0.4) is 0 Å². The van der Waals surface area contributed by atoms with Crippen molar-refractivity contribution in [1.29, 1.82) is 0 Å². The Morgan fingerprint density at radius 3 is 0.722 bits per heavy atom. The monoisotopic (exact) mass is 426 g/mol. The van der Waals surface area contributed by atoms with Crippen LogP contribution in [0.15, 0.2) is 0 Å². The maximum atomic E-state index is 8.88. The Labute approximate surface area is 160 Å². The van der Waals surface area contributed by atoms with E-state index in [1.54, 1.807) is 0 Å². The topological polar surface area (TPSA) is 230 Å². The normalized spacial score (nSPS) is 9.78. The van der Waals surface area contributed by atoms with Gasteiger partial charge in [-0.15, -0.1) is 0 Å². The van der Waals surface area contributed by atoms with Crippen LogP contribution in [0.25, 0.3) is 0 Å². The van der Waals surface area contributed by atoms with Crippen molar-refractivity contribution in [2.24, 2.45) is 0 Å². The minimum absolute atomic E-state index is 0. The molecule has 0 saturated heterocycles. The molecule has 0 rings (SSSR count). The van der Waals surface area contributed by atoms with Gasteiger partial charge in [-0.2, -0.15) is 8.42 Å². The first kappa shape index (κ1) is 37.2. The first-order chi connectivity index (χ1) is 6.00. The van der Waals surface area contributed by atoms with E-state index in [-0.39, 0.29) is 80.3 Å². The van der Waals surface area contributed by atoms with Crippen molar-refractivity contribution in [1.82, 2.24) is 0 Å². The number of hydrogen-bond acceptors (Lipinski definition) is 4. The van der Waals surface area contributed by atoms with Crippen molar-refractivity contribution in [2.45, 2.75) is 0 Å². The van der Waals surface area contributed by atoms with Gasteiger partial charge < -0.3 is 29.4 Å². The molecule has 0 unspecified atom stereocenters. The second-order valence-corrected chi connectivity index (χ2v) is 4.42. The molecule has 0 aliphatic carbocycles.